The van der Waals surface area contributed by atoms with Gasteiger partial charge >= 0.3 is 0 Å². The predicted molar refractivity (Wildman–Crippen MR) is 95.3 cm³/mol. The molecule has 1 aliphatic heterocycles. The van der Waals surface area contributed by atoms with E-state index in [0.29, 0.717) is 22.3 Å². The first-order valence-corrected chi connectivity index (χ1v) is 8.58. The van der Waals surface area contributed by atoms with Crippen LogP contribution in [0.15, 0.2) is 53.1 Å². The normalized spacial score (nSPS) is 14.0. The fourth-order valence-electron chi connectivity index (χ4n) is 2.94. The van der Waals surface area contributed by atoms with Gasteiger partial charge in [0.25, 0.3) is 11.8 Å². The zero-order valence-corrected chi connectivity index (χ0v) is 14.2. The monoisotopic (exact) mass is 353 g/mol. The molecule has 5 nitrogen and oxygen atoms in total. The molecule has 126 valence electrons. The zero-order chi connectivity index (χ0) is 17.2. The molecule has 1 saturated heterocycles. The molecule has 0 radical (unpaired) electrons. The maximum atomic E-state index is 12.5. The number of likely N-dealkylation sites (tertiary alicyclic amines) is 1. The molecule has 1 aliphatic rings. The van der Waals surface area contributed by atoms with Crippen molar-refractivity contribution in [2.75, 3.05) is 13.1 Å². The van der Waals surface area contributed by atoms with Gasteiger partial charge in [-0.2, -0.15) is 4.98 Å². The summed E-state index contributed by atoms with van der Waals surface area (Å²) in [6, 6.07) is 14.6. The van der Waals surface area contributed by atoms with Gasteiger partial charge in [0.1, 0.15) is 0 Å². The smallest absolute Gasteiger partial charge is 0.258 e. The van der Waals surface area contributed by atoms with E-state index < -0.39 is 0 Å². The predicted octanol–water partition coefficient (Wildman–Crippen LogP) is 4.29. The number of carbonyl (C=O) groups excluding carboxylic acids is 1. The molecule has 1 aromatic heterocycles. The molecular weight excluding hydrogens is 338 g/mol. The molecular formula is C19H16ClN3O2. The van der Waals surface area contributed by atoms with E-state index in [4.69, 9.17) is 16.1 Å². The fourth-order valence-corrected chi connectivity index (χ4v) is 3.07. The van der Waals surface area contributed by atoms with Gasteiger partial charge in [0.05, 0.1) is 0 Å². The summed E-state index contributed by atoms with van der Waals surface area (Å²) < 4.78 is 5.35. The maximum absolute atomic E-state index is 12.5. The standard InChI is InChI=1S/C19H16ClN3O2/c20-16-8-6-13(7-9-16)18-21-17(22-25-18)14-4-3-5-15(12-14)19(24)23-10-1-2-11-23/h3-9,12H,1-2,10-11H2. The molecule has 25 heavy (non-hydrogen) atoms. The fraction of sp³-hybridized carbons (Fsp3) is 0.211. The number of aromatic nitrogens is 2. The third-order valence-electron chi connectivity index (χ3n) is 4.28. The van der Waals surface area contributed by atoms with Crippen molar-refractivity contribution in [2.45, 2.75) is 12.8 Å². The van der Waals surface area contributed by atoms with E-state index in [-0.39, 0.29) is 5.91 Å². The topological polar surface area (TPSA) is 59.2 Å². The molecule has 6 heteroatoms. The minimum Gasteiger partial charge on any atom is -0.339 e. The Morgan fingerprint density at radius 1 is 1.04 bits per heavy atom. The third-order valence-corrected chi connectivity index (χ3v) is 4.53. The van der Waals surface area contributed by atoms with E-state index >= 15 is 0 Å². The molecule has 0 N–H and O–H groups in total. The minimum absolute atomic E-state index is 0.0563. The summed E-state index contributed by atoms with van der Waals surface area (Å²) in [5.74, 6) is 0.935. The Morgan fingerprint density at radius 3 is 2.56 bits per heavy atom. The SMILES string of the molecule is O=C(c1cccc(-c2noc(-c3ccc(Cl)cc3)n2)c1)N1CCCC1. The number of hydrogen-bond donors (Lipinski definition) is 0. The van der Waals surface area contributed by atoms with Crippen LogP contribution in [-0.4, -0.2) is 34.0 Å². The van der Waals surface area contributed by atoms with Crippen molar-refractivity contribution < 1.29 is 9.32 Å². The molecule has 1 amide bonds. The highest BCUT2D eigenvalue weighted by molar-refractivity contribution is 6.30. The van der Waals surface area contributed by atoms with Gasteiger partial charge in [-0.1, -0.05) is 28.9 Å². The van der Waals surface area contributed by atoms with Crippen LogP contribution in [0.3, 0.4) is 0 Å². The number of benzene rings is 2. The van der Waals surface area contributed by atoms with Gasteiger partial charge in [-0.15, -0.1) is 0 Å². The quantitative estimate of drug-likeness (QED) is 0.704. The van der Waals surface area contributed by atoms with Crippen LogP contribution in [0.1, 0.15) is 23.2 Å². The summed E-state index contributed by atoms with van der Waals surface area (Å²) in [4.78, 5) is 18.9. The lowest BCUT2D eigenvalue weighted by atomic mass is 10.1. The molecule has 0 unspecified atom stereocenters. The molecule has 0 saturated carbocycles. The van der Waals surface area contributed by atoms with Crippen molar-refractivity contribution in [3.05, 3.63) is 59.1 Å². The van der Waals surface area contributed by atoms with Crippen LogP contribution in [-0.2, 0) is 0 Å². The second-order valence-electron chi connectivity index (χ2n) is 6.01. The molecule has 0 atom stereocenters. The van der Waals surface area contributed by atoms with E-state index in [1.165, 1.54) is 0 Å². The van der Waals surface area contributed by atoms with Crippen molar-refractivity contribution in [3.8, 4) is 22.8 Å². The maximum Gasteiger partial charge on any atom is 0.258 e. The lowest BCUT2D eigenvalue weighted by Gasteiger charge is -2.15. The van der Waals surface area contributed by atoms with Crippen molar-refractivity contribution in [1.29, 1.82) is 0 Å². The molecule has 0 aliphatic carbocycles. The van der Waals surface area contributed by atoms with E-state index in [1.54, 1.807) is 12.1 Å². The minimum atomic E-state index is 0.0563. The Morgan fingerprint density at radius 2 is 1.80 bits per heavy atom. The van der Waals surface area contributed by atoms with Crippen LogP contribution in [0.5, 0.6) is 0 Å². The second-order valence-corrected chi connectivity index (χ2v) is 6.45. The number of amides is 1. The molecule has 0 spiro atoms. The van der Waals surface area contributed by atoms with Crippen LogP contribution < -0.4 is 0 Å². The van der Waals surface area contributed by atoms with Crippen LogP contribution >= 0.6 is 11.6 Å². The molecule has 2 aromatic carbocycles. The number of rotatable bonds is 3. The molecule has 2 heterocycles. The van der Waals surface area contributed by atoms with Crippen molar-refractivity contribution >= 4 is 17.5 Å². The zero-order valence-electron chi connectivity index (χ0n) is 13.5. The summed E-state index contributed by atoms with van der Waals surface area (Å²) in [7, 11) is 0. The highest BCUT2D eigenvalue weighted by Crippen LogP contribution is 2.24. The van der Waals surface area contributed by atoms with Gasteiger partial charge in [-0.3, -0.25) is 4.79 Å². The number of carbonyl (C=O) groups is 1. The van der Waals surface area contributed by atoms with Crippen LogP contribution in [0.2, 0.25) is 5.02 Å². The number of halogens is 1. The van der Waals surface area contributed by atoms with E-state index in [0.717, 1.165) is 37.1 Å². The van der Waals surface area contributed by atoms with Crippen LogP contribution in [0, 0.1) is 0 Å². The largest absolute Gasteiger partial charge is 0.339 e. The van der Waals surface area contributed by atoms with Crippen LogP contribution in [0.25, 0.3) is 22.8 Å². The Labute approximate surface area is 150 Å². The van der Waals surface area contributed by atoms with E-state index in [2.05, 4.69) is 10.1 Å². The van der Waals surface area contributed by atoms with E-state index in [1.807, 2.05) is 41.3 Å². The lowest BCUT2D eigenvalue weighted by Crippen LogP contribution is -2.27. The first-order valence-electron chi connectivity index (χ1n) is 8.20. The number of hydrogen-bond acceptors (Lipinski definition) is 4. The van der Waals surface area contributed by atoms with E-state index in [9.17, 15) is 4.79 Å². The highest BCUT2D eigenvalue weighted by atomic mass is 35.5. The summed E-state index contributed by atoms with van der Waals surface area (Å²) in [5, 5.41) is 4.69. The summed E-state index contributed by atoms with van der Waals surface area (Å²) in [5.41, 5.74) is 2.21. The van der Waals surface area contributed by atoms with Gasteiger partial charge in [0.2, 0.25) is 5.82 Å². The lowest BCUT2D eigenvalue weighted by molar-refractivity contribution is 0.0793. The summed E-state index contributed by atoms with van der Waals surface area (Å²) in [6.45, 7) is 1.65. The van der Waals surface area contributed by atoms with Crippen LogP contribution in [0.4, 0.5) is 0 Å². The van der Waals surface area contributed by atoms with Gasteiger partial charge < -0.3 is 9.42 Å². The van der Waals surface area contributed by atoms with Gasteiger partial charge in [0.15, 0.2) is 0 Å². The van der Waals surface area contributed by atoms with Gasteiger partial charge in [-0.25, -0.2) is 0 Å². The summed E-state index contributed by atoms with van der Waals surface area (Å²) >= 11 is 5.90. The van der Waals surface area contributed by atoms with Crippen molar-refractivity contribution in [3.63, 3.8) is 0 Å². The molecule has 1 fully saturated rings. The average Bonchev–Trinajstić information content (AvgIpc) is 3.34. The first kappa shape index (κ1) is 15.8. The molecule has 4 rings (SSSR count). The first-order chi connectivity index (χ1) is 12.2. The average molecular weight is 354 g/mol. The summed E-state index contributed by atoms with van der Waals surface area (Å²) in [6.07, 6.45) is 2.14. The highest BCUT2D eigenvalue weighted by Gasteiger charge is 2.20. The third kappa shape index (κ3) is 3.28. The van der Waals surface area contributed by atoms with Crippen molar-refractivity contribution in [1.82, 2.24) is 15.0 Å². The Hall–Kier alpha value is -2.66. The second kappa shape index (κ2) is 6.69. The Bertz CT molecular complexity index is 899. The molecule has 3 aromatic rings. The van der Waals surface area contributed by atoms with Gasteiger partial charge in [-0.05, 0) is 49.2 Å². The van der Waals surface area contributed by atoms with Gasteiger partial charge in [0, 0.05) is 34.8 Å². The number of nitrogens with zero attached hydrogens (tertiary/aromatic N) is 3. The Balaban J connectivity index is 1.61. The Kier molecular flexibility index (Phi) is 4.24. The molecule has 0 bridgehead atoms. The van der Waals surface area contributed by atoms with Crippen molar-refractivity contribution in [2.24, 2.45) is 0 Å².